The summed E-state index contributed by atoms with van der Waals surface area (Å²) in [6.07, 6.45) is 8.56. The molecule has 0 aromatic heterocycles. The molecule has 0 spiro atoms. The predicted octanol–water partition coefficient (Wildman–Crippen LogP) is 2.89. The first-order chi connectivity index (χ1) is 8.22. The Balaban J connectivity index is 1.94. The van der Waals surface area contributed by atoms with Gasteiger partial charge in [0.15, 0.2) is 0 Å². The van der Waals surface area contributed by atoms with E-state index in [1.165, 1.54) is 51.6 Å². The minimum Gasteiger partial charge on any atom is -0.318 e. The maximum atomic E-state index is 3.38. The number of rotatable bonds is 3. The molecule has 100 valence electrons. The van der Waals surface area contributed by atoms with Crippen LogP contribution < -0.4 is 5.32 Å². The lowest BCUT2D eigenvalue weighted by Crippen LogP contribution is -2.51. The molecule has 1 heterocycles. The maximum absolute atomic E-state index is 3.38. The Labute approximate surface area is 107 Å². The predicted molar refractivity (Wildman–Crippen MR) is 74.2 cm³/mol. The quantitative estimate of drug-likeness (QED) is 0.813. The SMILES string of the molecule is CNCC1CCCCN1C1CCC(C)C(C)C1. The van der Waals surface area contributed by atoms with Gasteiger partial charge in [-0.15, -0.1) is 0 Å². The Morgan fingerprint density at radius 2 is 1.88 bits per heavy atom. The van der Waals surface area contributed by atoms with Gasteiger partial charge >= 0.3 is 0 Å². The van der Waals surface area contributed by atoms with Crippen LogP contribution in [0, 0.1) is 11.8 Å². The number of hydrogen-bond donors (Lipinski definition) is 1. The summed E-state index contributed by atoms with van der Waals surface area (Å²) in [5.41, 5.74) is 0. The second-order valence-corrected chi connectivity index (χ2v) is 6.37. The van der Waals surface area contributed by atoms with Gasteiger partial charge in [0.05, 0.1) is 0 Å². The molecule has 1 saturated heterocycles. The highest BCUT2D eigenvalue weighted by Gasteiger charge is 2.33. The average Bonchev–Trinajstić information content (AvgIpc) is 2.34. The number of likely N-dealkylation sites (N-methyl/N-ethyl adjacent to an activating group) is 1. The molecule has 0 aromatic rings. The molecule has 1 aliphatic carbocycles. The molecule has 1 saturated carbocycles. The lowest BCUT2D eigenvalue weighted by Gasteiger charge is -2.45. The number of piperidine rings is 1. The summed E-state index contributed by atoms with van der Waals surface area (Å²) in [6, 6.07) is 1.68. The van der Waals surface area contributed by atoms with E-state index in [0.29, 0.717) is 0 Å². The van der Waals surface area contributed by atoms with Crippen LogP contribution in [-0.4, -0.2) is 37.1 Å². The smallest absolute Gasteiger partial charge is 0.0223 e. The standard InChI is InChI=1S/C15H30N2/c1-12-7-8-14(10-13(12)2)17-9-5-4-6-15(17)11-16-3/h12-16H,4-11H2,1-3H3. The normalized spacial score (nSPS) is 40.4. The zero-order valence-corrected chi connectivity index (χ0v) is 11.9. The zero-order valence-electron chi connectivity index (χ0n) is 11.9. The fourth-order valence-electron chi connectivity index (χ4n) is 3.78. The molecule has 1 N–H and O–H groups in total. The summed E-state index contributed by atoms with van der Waals surface area (Å²) < 4.78 is 0. The van der Waals surface area contributed by atoms with Crippen LogP contribution in [0.1, 0.15) is 52.4 Å². The summed E-state index contributed by atoms with van der Waals surface area (Å²) in [6.45, 7) is 7.41. The largest absolute Gasteiger partial charge is 0.318 e. The maximum Gasteiger partial charge on any atom is 0.0223 e. The van der Waals surface area contributed by atoms with E-state index in [9.17, 15) is 0 Å². The average molecular weight is 238 g/mol. The fraction of sp³-hybridized carbons (Fsp3) is 1.00. The Kier molecular flexibility index (Phi) is 4.87. The monoisotopic (exact) mass is 238 g/mol. The van der Waals surface area contributed by atoms with Crippen LogP contribution in [0.25, 0.3) is 0 Å². The second-order valence-electron chi connectivity index (χ2n) is 6.37. The van der Waals surface area contributed by atoms with E-state index in [1.807, 2.05) is 0 Å². The van der Waals surface area contributed by atoms with E-state index >= 15 is 0 Å². The molecule has 2 nitrogen and oxygen atoms in total. The molecule has 1 aliphatic heterocycles. The van der Waals surface area contributed by atoms with Gasteiger partial charge in [-0.3, -0.25) is 4.90 Å². The summed E-state index contributed by atoms with van der Waals surface area (Å²) >= 11 is 0. The fourth-order valence-corrected chi connectivity index (χ4v) is 3.78. The first-order valence-electron chi connectivity index (χ1n) is 7.62. The summed E-state index contributed by atoms with van der Waals surface area (Å²) in [5.74, 6) is 1.87. The van der Waals surface area contributed by atoms with Gasteiger partial charge in [-0.25, -0.2) is 0 Å². The van der Waals surface area contributed by atoms with Crippen LogP contribution in [0.2, 0.25) is 0 Å². The number of hydrogen-bond acceptors (Lipinski definition) is 2. The summed E-state index contributed by atoms with van der Waals surface area (Å²) in [4.78, 5) is 2.84. The van der Waals surface area contributed by atoms with Crippen molar-refractivity contribution in [2.24, 2.45) is 11.8 Å². The first kappa shape index (κ1) is 13.4. The van der Waals surface area contributed by atoms with Gasteiger partial charge in [0.2, 0.25) is 0 Å². The Morgan fingerprint density at radius 3 is 2.59 bits per heavy atom. The molecule has 4 unspecified atom stereocenters. The molecule has 2 fully saturated rings. The zero-order chi connectivity index (χ0) is 12.3. The Hall–Kier alpha value is -0.0800. The van der Waals surface area contributed by atoms with E-state index in [-0.39, 0.29) is 0 Å². The van der Waals surface area contributed by atoms with Crippen molar-refractivity contribution in [3.63, 3.8) is 0 Å². The van der Waals surface area contributed by atoms with Crippen LogP contribution in [-0.2, 0) is 0 Å². The van der Waals surface area contributed by atoms with Gasteiger partial charge in [0.25, 0.3) is 0 Å². The van der Waals surface area contributed by atoms with Crippen molar-refractivity contribution in [3.05, 3.63) is 0 Å². The van der Waals surface area contributed by atoms with Crippen LogP contribution in [0.15, 0.2) is 0 Å². The van der Waals surface area contributed by atoms with Crippen molar-refractivity contribution in [1.82, 2.24) is 10.2 Å². The third kappa shape index (κ3) is 3.23. The van der Waals surface area contributed by atoms with E-state index in [4.69, 9.17) is 0 Å². The molecular weight excluding hydrogens is 208 g/mol. The van der Waals surface area contributed by atoms with Crippen LogP contribution in [0.4, 0.5) is 0 Å². The Morgan fingerprint density at radius 1 is 1.06 bits per heavy atom. The molecule has 0 radical (unpaired) electrons. The van der Waals surface area contributed by atoms with Gasteiger partial charge < -0.3 is 5.32 Å². The molecule has 2 rings (SSSR count). The topological polar surface area (TPSA) is 15.3 Å². The lowest BCUT2D eigenvalue weighted by molar-refractivity contribution is 0.0481. The van der Waals surface area contributed by atoms with E-state index in [1.54, 1.807) is 0 Å². The molecule has 2 heteroatoms. The molecule has 17 heavy (non-hydrogen) atoms. The van der Waals surface area contributed by atoms with Crippen molar-refractivity contribution >= 4 is 0 Å². The molecule has 0 aromatic carbocycles. The number of nitrogens with zero attached hydrogens (tertiary/aromatic N) is 1. The van der Waals surface area contributed by atoms with Gasteiger partial charge in [-0.1, -0.05) is 20.3 Å². The van der Waals surface area contributed by atoms with Crippen LogP contribution in [0.5, 0.6) is 0 Å². The molecular formula is C15H30N2. The molecule has 4 atom stereocenters. The van der Waals surface area contributed by atoms with Crippen LogP contribution >= 0.6 is 0 Å². The molecule has 0 amide bonds. The first-order valence-corrected chi connectivity index (χ1v) is 7.62. The highest BCUT2D eigenvalue weighted by atomic mass is 15.2. The van der Waals surface area contributed by atoms with Gasteiger partial charge in [0, 0.05) is 18.6 Å². The third-order valence-electron chi connectivity index (χ3n) is 5.15. The van der Waals surface area contributed by atoms with Gasteiger partial charge in [-0.05, 0) is 57.5 Å². The van der Waals surface area contributed by atoms with Crippen molar-refractivity contribution in [2.75, 3.05) is 20.1 Å². The van der Waals surface area contributed by atoms with E-state index in [0.717, 1.165) is 23.9 Å². The minimum atomic E-state index is 0.805. The number of likely N-dealkylation sites (tertiary alicyclic amines) is 1. The van der Waals surface area contributed by atoms with Crippen molar-refractivity contribution in [3.8, 4) is 0 Å². The summed E-state index contributed by atoms with van der Waals surface area (Å²) in [7, 11) is 2.10. The van der Waals surface area contributed by atoms with E-state index < -0.39 is 0 Å². The molecule has 0 bridgehead atoms. The highest BCUT2D eigenvalue weighted by molar-refractivity contribution is 4.88. The van der Waals surface area contributed by atoms with Gasteiger partial charge in [0.1, 0.15) is 0 Å². The number of nitrogens with one attached hydrogen (secondary N) is 1. The third-order valence-corrected chi connectivity index (χ3v) is 5.15. The van der Waals surface area contributed by atoms with Crippen molar-refractivity contribution in [1.29, 1.82) is 0 Å². The minimum absolute atomic E-state index is 0.805. The van der Waals surface area contributed by atoms with Gasteiger partial charge in [-0.2, -0.15) is 0 Å². The highest BCUT2D eigenvalue weighted by Crippen LogP contribution is 2.34. The van der Waals surface area contributed by atoms with E-state index in [2.05, 4.69) is 31.1 Å². The Bertz CT molecular complexity index is 227. The van der Waals surface area contributed by atoms with Crippen molar-refractivity contribution < 1.29 is 0 Å². The van der Waals surface area contributed by atoms with Crippen LogP contribution in [0.3, 0.4) is 0 Å². The second kappa shape index (κ2) is 6.19. The lowest BCUT2D eigenvalue weighted by atomic mass is 9.77. The summed E-state index contributed by atoms with van der Waals surface area (Å²) in [5, 5.41) is 3.38. The van der Waals surface area contributed by atoms with Crippen molar-refractivity contribution in [2.45, 2.75) is 64.5 Å². The molecule has 2 aliphatic rings.